The van der Waals surface area contributed by atoms with Crippen LogP contribution in [0.3, 0.4) is 0 Å². The van der Waals surface area contributed by atoms with E-state index in [9.17, 15) is 0 Å². The normalized spacial score (nSPS) is 12.4. The van der Waals surface area contributed by atoms with Crippen molar-refractivity contribution in [3.63, 3.8) is 0 Å². The summed E-state index contributed by atoms with van der Waals surface area (Å²) in [5.41, 5.74) is 3.55. The van der Waals surface area contributed by atoms with Crippen molar-refractivity contribution in [3.8, 4) is 5.75 Å². The van der Waals surface area contributed by atoms with Crippen LogP contribution < -0.4 is 10.1 Å². The van der Waals surface area contributed by atoms with Crippen LogP contribution in [-0.2, 0) is 0 Å². The van der Waals surface area contributed by atoms with Gasteiger partial charge in [-0.05, 0) is 51.1 Å². The minimum Gasteiger partial charge on any atom is -0.491 e. The van der Waals surface area contributed by atoms with Gasteiger partial charge in [-0.2, -0.15) is 0 Å². The molecule has 106 valence electrons. The number of para-hydroxylation sites is 1. The van der Waals surface area contributed by atoms with Gasteiger partial charge in [0.25, 0.3) is 0 Å². The van der Waals surface area contributed by atoms with Gasteiger partial charge in [-0.25, -0.2) is 0 Å². The van der Waals surface area contributed by atoms with Crippen molar-refractivity contribution in [2.45, 2.75) is 32.9 Å². The first-order valence-electron chi connectivity index (χ1n) is 6.96. The summed E-state index contributed by atoms with van der Waals surface area (Å²) in [7, 11) is 1.97. The Labute approximate surface area is 121 Å². The summed E-state index contributed by atoms with van der Waals surface area (Å²) in [5, 5.41) is 3.38. The van der Waals surface area contributed by atoms with Crippen LogP contribution >= 0.6 is 0 Å². The molecule has 1 aromatic carbocycles. The second-order valence-electron chi connectivity index (χ2n) is 5.16. The Morgan fingerprint density at radius 1 is 1.10 bits per heavy atom. The van der Waals surface area contributed by atoms with Crippen molar-refractivity contribution in [2.75, 3.05) is 7.05 Å². The summed E-state index contributed by atoms with van der Waals surface area (Å²) in [4.78, 5) is 4.17. The van der Waals surface area contributed by atoms with Gasteiger partial charge in [0.15, 0.2) is 0 Å². The van der Waals surface area contributed by atoms with Crippen LogP contribution in [0.1, 0.15) is 36.6 Å². The number of aryl methyl sites for hydroxylation is 1. The van der Waals surface area contributed by atoms with Gasteiger partial charge in [-0.1, -0.05) is 18.2 Å². The molecule has 0 amide bonds. The molecule has 20 heavy (non-hydrogen) atoms. The van der Waals surface area contributed by atoms with Crippen molar-refractivity contribution in [1.29, 1.82) is 0 Å². The molecule has 2 rings (SSSR count). The molecule has 0 spiro atoms. The van der Waals surface area contributed by atoms with E-state index in [-0.39, 0.29) is 12.1 Å². The van der Waals surface area contributed by atoms with E-state index in [1.807, 2.05) is 51.5 Å². The van der Waals surface area contributed by atoms with Crippen LogP contribution in [0.5, 0.6) is 5.75 Å². The van der Waals surface area contributed by atoms with Crippen molar-refractivity contribution < 1.29 is 4.74 Å². The van der Waals surface area contributed by atoms with E-state index >= 15 is 0 Å². The van der Waals surface area contributed by atoms with Crippen molar-refractivity contribution in [3.05, 3.63) is 59.4 Å². The highest BCUT2D eigenvalue weighted by Crippen LogP contribution is 2.31. The molecule has 0 aliphatic heterocycles. The summed E-state index contributed by atoms with van der Waals surface area (Å²) in [6.07, 6.45) is 3.89. The number of ether oxygens (including phenoxy) is 1. The van der Waals surface area contributed by atoms with Gasteiger partial charge in [0, 0.05) is 18.0 Å². The number of hydrogen-bond acceptors (Lipinski definition) is 3. The first kappa shape index (κ1) is 14.5. The van der Waals surface area contributed by atoms with Crippen LogP contribution in [0.2, 0.25) is 0 Å². The van der Waals surface area contributed by atoms with Crippen molar-refractivity contribution in [1.82, 2.24) is 10.3 Å². The Morgan fingerprint density at radius 2 is 1.85 bits per heavy atom. The van der Waals surface area contributed by atoms with Crippen molar-refractivity contribution in [2.24, 2.45) is 0 Å². The summed E-state index contributed by atoms with van der Waals surface area (Å²) < 4.78 is 5.93. The zero-order valence-electron chi connectivity index (χ0n) is 12.6. The highest BCUT2D eigenvalue weighted by molar-refractivity contribution is 5.43. The third-order valence-corrected chi connectivity index (χ3v) is 3.26. The van der Waals surface area contributed by atoms with Crippen molar-refractivity contribution >= 4 is 0 Å². The molecule has 0 bridgehead atoms. The highest BCUT2D eigenvalue weighted by Gasteiger charge is 2.18. The molecule has 1 heterocycles. The number of rotatable bonds is 5. The standard InChI is InChI=1S/C17H22N2O/c1-12(2)20-16-8-6-5-7-15(16)17(18-4)14-9-10-19-11-13(14)3/h5-12,17-18H,1-4H3. The fourth-order valence-corrected chi connectivity index (χ4v) is 2.37. The third kappa shape index (κ3) is 3.17. The fraction of sp³-hybridized carbons (Fsp3) is 0.353. The van der Waals surface area contributed by atoms with Gasteiger partial charge < -0.3 is 10.1 Å². The molecule has 0 radical (unpaired) electrons. The van der Waals surface area contributed by atoms with Crippen LogP contribution in [0, 0.1) is 6.92 Å². The number of aromatic nitrogens is 1. The lowest BCUT2D eigenvalue weighted by Gasteiger charge is -2.23. The Morgan fingerprint density at radius 3 is 2.50 bits per heavy atom. The molecule has 2 aromatic rings. The van der Waals surface area contributed by atoms with Gasteiger partial charge in [0.05, 0.1) is 12.1 Å². The van der Waals surface area contributed by atoms with Gasteiger partial charge in [-0.3, -0.25) is 4.98 Å². The van der Waals surface area contributed by atoms with E-state index in [1.165, 1.54) is 11.1 Å². The monoisotopic (exact) mass is 270 g/mol. The van der Waals surface area contributed by atoms with E-state index in [0.717, 1.165) is 11.3 Å². The summed E-state index contributed by atoms with van der Waals surface area (Å²) in [6.45, 7) is 6.17. The molecule has 1 N–H and O–H groups in total. The Balaban J connectivity index is 2.45. The van der Waals surface area contributed by atoms with Crippen LogP contribution in [-0.4, -0.2) is 18.1 Å². The largest absolute Gasteiger partial charge is 0.491 e. The van der Waals surface area contributed by atoms with E-state index in [4.69, 9.17) is 4.74 Å². The molecule has 0 aliphatic carbocycles. The number of nitrogens with one attached hydrogen (secondary N) is 1. The number of nitrogens with zero attached hydrogens (tertiary/aromatic N) is 1. The second kappa shape index (κ2) is 6.53. The van der Waals surface area contributed by atoms with Gasteiger partial charge in [0.2, 0.25) is 0 Å². The zero-order valence-corrected chi connectivity index (χ0v) is 12.6. The van der Waals surface area contributed by atoms with Gasteiger partial charge in [0.1, 0.15) is 5.75 Å². The predicted molar refractivity (Wildman–Crippen MR) is 82.1 cm³/mol. The smallest absolute Gasteiger partial charge is 0.124 e. The molecule has 0 aliphatic rings. The molecule has 0 saturated heterocycles. The first-order chi connectivity index (χ1) is 9.63. The number of hydrogen-bond donors (Lipinski definition) is 1. The number of pyridine rings is 1. The Bertz CT molecular complexity index is 566. The van der Waals surface area contributed by atoms with E-state index in [2.05, 4.69) is 29.4 Å². The Kier molecular flexibility index (Phi) is 4.74. The lowest BCUT2D eigenvalue weighted by Crippen LogP contribution is -2.20. The minimum absolute atomic E-state index is 0.105. The van der Waals surface area contributed by atoms with Gasteiger partial charge in [-0.15, -0.1) is 0 Å². The van der Waals surface area contributed by atoms with Crippen LogP contribution in [0.25, 0.3) is 0 Å². The molecule has 1 aromatic heterocycles. The average Bonchev–Trinajstić information content (AvgIpc) is 2.43. The average molecular weight is 270 g/mol. The zero-order chi connectivity index (χ0) is 14.5. The fourth-order valence-electron chi connectivity index (χ4n) is 2.37. The maximum Gasteiger partial charge on any atom is 0.124 e. The molecule has 3 heteroatoms. The highest BCUT2D eigenvalue weighted by atomic mass is 16.5. The van der Waals surface area contributed by atoms with Crippen LogP contribution in [0.15, 0.2) is 42.7 Å². The molecular formula is C17H22N2O. The maximum atomic E-state index is 5.93. The molecular weight excluding hydrogens is 248 g/mol. The van der Waals surface area contributed by atoms with E-state index in [0.29, 0.717) is 0 Å². The summed E-state index contributed by atoms with van der Waals surface area (Å²) in [6, 6.07) is 10.3. The lowest BCUT2D eigenvalue weighted by molar-refractivity contribution is 0.238. The predicted octanol–water partition coefficient (Wildman–Crippen LogP) is 3.49. The SMILES string of the molecule is CNC(c1ccncc1C)c1ccccc1OC(C)C. The van der Waals surface area contributed by atoms with Gasteiger partial charge >= 0.3 is 0 Å². The summed E-state index contributed by atoms with van der Waals surface area (Å²) in [5.74, 6) is 0.929. The molecule has 3 nitrogen and oxygen atoms in total. The Hall–Kier alpha value is -1.87. The number of benzene rings is 1. The third-order valence-electron chi connectivity index (χ3n) is 3.26. The first-order valence-corrected chi connectivity index (χ1v) is 6.96. The summed E-state index contributed by atoms with van der Waals surface area (Å²) >= 11 is 0. The van der Waals surface area contributed by atoms with E-state index < -0.39 is 0 Å². The topological polar surface area (TPSA) is 34.2 Å². The minimum atomic E-state index is 0.105. The quantitative estimate of drug-likeness (QED) is 0.903. The van der Waals surface area contributed by atoms with Crippen LogP contribution in [0.4, 0.5) is 0 Å². The second-order valence-corrected chi connectivity index (χ2v) is 5.16. The van der Waals surface area contributed by atoms with E-state index in [1.54, 1.807) is 0 Å². The molecule has 1 unspecified atom stereocenters. The molecule has 0 saturated carbocycles. The molecule has 1 atom stereocenters. The molecule has 0 fully saturated rings. The lowest BCUT2D eigenvalue weighted by atomic mass is 9.96. The maximum absolute atomic E-state index is 5.93.